The number of unbranched alkanes of at least 4 members (excludes halogenated alkanes) is 1. The van der Waals surface area contributed by atoms with E-state index in [1.807, 2.05) is 0 Å². The van der Waals surface area contributed by atoms with Crippen LogP contribution in [0.5, 0.6) is 0 Å². The van der Waals surface area contributed by atoms with Crippen LogP contribution >= 0.6 is 0 Å². The van der Waals surface area contributed by atoms with Gasteiger partial charge in [-0.05, 0) is 55.6 Å². The summed E-state index contributed by atoms with van der Waals surface area (Å²) in [5, 5.41) is 3.58. The lowest BCUT2D eigenvalue weighted by molar-refractivity contribution is -0.137. The summed E-state index contributed by atoms with van der Waals surface area (Å²) in [6.07, 6.45) is -0.601. The van der Waals surface area contributed by atoms with Gasteiger partial charge in [-0.3, -0.25) is 9.88 Å². The van der Waals surface area contributed by atoms with Crippen molar-refractivity contribution in [3.63, 3.8) is 0 Å². The van der Waals surface area contributed by atoms with Crippen LogP contribution in [-0.2, 0) is 25.7 Å². The van der Waals surface area contributed by atoms with E-state index in [-0.39, 0.29) is 0 Å². The third kappa shape index (κ3) is 5.77. The summed E-state index contributed by atoms with van der Waals surface area (Å²) >= 11 is 0. The van der Waals surface area contributed by atoms with Crippen LogP contribution in [0.4, 0.5) is 13.2 Å². The van der Waals surface area contributed by atoms with E-state index in [1.165, 1.54) is 17.2 Å². The molecule has 0 aliphatic carbocycles. The minimum Gasteiger partial charge on any atom is -0.330 e. The molecule has 1 atom stereocenters. The van der Waals surface area contributed by atoms with E-state index in [1.54, 1.807) is 0 Å². The summed E-state index contributed by atoms with van der Waals surface area (Å²) in [4.78, 5) is 6.30. The number of pyridine rings is 1. The number of halogens is 3. The molecule has 28 heavy (non-hydrogen) atoms. The van der Waals surface area contributed by atoms with Gasteiger partial charge in [0.2, 0.25) is 0 Å². The lowest BCUT2D eigenvalue weighted by atomic mass is 9.95. The van der Waals surface area contributed by atoms with Gasteiger partial charge in [-0.25, -0.2) is 0 Å². The van der Waals surface area contributed by atoms with Gasteiger partial charge in [0.15, 0.2) is 0 Å². The average molecular weight is 392 g/mol. The second-order valence-corrected chi connectivity index (χ2v) is 7.32. The Hall–Kier alpha value is -1.96. The van der Waals surface area contributed by atoms with E-state index in [4.69, 9.17) is 5.73 Å². The predicted molar refractivity (Wildman–Crippen MR) is 104 cm³/mol. The van der Waals surface area contributed by atoms with Crippen molar-refractivity contribution in [3.05, 3.63) is 65.0 Å². The summed E-state index contributed by atoms with van der Waals surface area (Å²) in [5.74, 6) is 0. The first-order chi connectivity index (χ1) is 13.5. The molecule has 4 nitrogen and oxygen atoms in total. The van der Waals surface area contributed by atoms with Crippen LogP contribution in [0.3, 0.4) is 0 Å². The zero-order valence-corrected chi connectivity index (χ0v) is 15.9. The largest absolute Gasteiger partial charge is 0.417 e. The topological polar surface area (TPSA) is 54.2 Å². The normalized spacial score (nSPS) is 17.0. The first-order valence-electron chi connectivity index (χ1n) is 9.70. The molecular weight excluding hydrogens is 365 g/mol. The summed E-state index contributed by atoms with van der Waals surface area (Å²) in [7, 11) is 0. The van der Waals surface area contributed by atoms with Crippen molar-refractivity contribution in [1.82, 2.24) is 15.2 Å². The van der Waals surface area contributed by atoms with Gasteiger partial charge in [0, 0.05) is 31.9 Å². The number of nitrogens with two attached hydrogens (primary N) is 1. The third-order valence-electron chi connectivity index (χ3n) is 5.11. The molecule has 1 aromatic carbocycles. The van der Waals surface area contributed by atoms with Gasteiger partial charge >= 0.3 is 6.18 Å². The van der Waals surface area contributed by atoms with Crippen molar-refractivity contribution in [1.29, 1.82) is 0 Å². The Balaban J connectivity index is 1.64. The van der Waals surface area contributed by atoms with Crippen LogP contribution < -0.4 is 11.1 Å². The van der Waals surface area contributed by atoms with E-state index < -0.39 is 11.7 Å². The number of hydrogen-bond donors (Lipinski definition) is 2. The van der Waals surface area contributed by atoms with E-state index in [9.17, 15) is 13.2 Å². The molecule has 7 heteroatoms. The van der Waals surface area contributed by atoms with Gasteiger partial charge in [0.05, 0.1) is 11.3 Å². The molecule has 0 amide bonds. The molecule has 1 aromatic heterocycles. The Morgan fingerprint density at radius 2 is 1.89 bits per heavy atom. The van der Waals surface area contributed by atoms with Gasteiger partial charge < -0.3 is 11.1 Å². The Kier molecular flexibility index (Phi) is 7.04. The quantitative estimate of drug-likeness (QED) is 0.677. The van der Waals surface area contributed by atoms with E-state index in [2.05, 4.69) is 39.5 Å². The molecule has 0 saturated heterocycles. The number of nitrogens with one attached hydrogen (secondary N) is 1. The zero-order chi connectivity index (χ0) is 20.0. The molecule has 1 unspecified atom stereocenters. The fourth-order valence-corrected chi connectivity index (χ4v) is 3.59. The highest BCUT2D eigenvalue weighted by molar-refractivity contribution is 5.30. The zero-order valence-electron chi connectivity index (χ0n) is 15.9. The smallest absolute Gasteiger partial charge is 0.330 e. The van der Waals surface area contributed by atoms with Crippen molar-refractivity contribution in [2.24, 2.45) is 5.73 Å². The highest BCUT2D eigenvalue weighted by Gasteiger charge is 2.30. The monoisotopic (exact) mass is 392 g/mol. The minimum atomic E-state index is -4.36. The molecule has 0 bridgehead atoms. The van der Waals surface area contributed by atoms with Crippen molar-refractivity contribution < 1.29 is 13.2 Å². The Labute approximate surface area is 163 Å². The lowest BCUT2D eigenvalue weighted by Crippen LogP contribution is -2.44. The molecule has 0 saturated carbocycles. The molecule has 1 aliphatic heterocycles. The molecule has 0 fully saturated rings. The molecule has 152 valence electrons. The molecule has 3 rings (SSSR count). The van der Waals surface area contributed by atoms with Gasteiger partial charge in [-0.1, -0.05) is 24.3 Å². The number of aromatic nitrogens is 1. The van der Waals surface area contributed by atoms with Crippen LogP contribution in [0.25, 0.3) is 0 Å². The maximum absolute atomic E-state index is 12.7. The summed E-state index contributed by atoms with van der Waals surface area (Å²) in [5.41, 5.74) is 8.24. The van der Waals surface area contributed by atoms with Crippen molar-refractivity contribution in [3.8, 4) is 0 Å². The van der Waals surface area contributed by atoms with Gasteiger partial charge in [-0.2, -0.15) is 13.2 Å². The van der Waals surface area contributed by atoms with Crippen LogP contribution in [0.1, 0.15) is 35.2 Å². The van der Waals surface area contributed by atoms with Crippen LogP contribution in [0, 0.1) is 0 Å². The maximum Gasteiger partial charge on any atom is 0.417 e. The predicted octanol–water partition coefficient (Wildman–Crippen LogP) is 3.36. The molecule has 2 aromatic rings. The first kappa shape index (κ1) is 20.8. The molecule has 3 N–H and O–H groups in total. The second-order valence-electron chi connectivity index (χ2n) is 7.32. The fourth-order valence-electron chi connectivity index (χ4n) is 3.59. The Morgan fingerprint density at radius 3 is 2.57 bits per heavy atom. The summed E-state index contributed by atoms with van der Waals surface area (Å²) in [6, 6.07) is 11.3. The SMILES string of the molecule is NCCCCN(Cc1ccc(C(F)(F)F)cn1)CC1Cc2ccccc2CN1. The average Bonchev–Trinajstić information content (AvgIpc) is 2.68. The number of benzene rings is 1. The van der Waals surface area contributed by atoms with E-state index >= 15 is 0 Å². The second kappa shape index (κ2) is 9.49. The van der Waals surface area contributed by atoms with Gasteiger partial charge in [-0.15, -0.1) is 0 Å². The van der Waals surface area contributed by atoms with Crippen LogP contribution in [0.2, 0.25) is 0 Å². The van der Waals surface area contributed by atoms with Crippen molar-refractivity contribution in [2.75, 3.05) is 19.6 Å². The van der Waals surface area contributed by atoms with Gasteiger partial charge in [0.25, 0.3) is 0 Å². The highest BCUT2D eigenvalue weighted by atomic mass is 19.4. The van der Waals surface area contributed by atoms with E-state index in [0.717, 1.165) is 51.2 Å². The number of fused-ring (bicyclic) bond motifs is 1. The van der Waals surface area contributed by atoms with Crippen LogP contribution in [-0.4, -0.2) is 35.6 Å². The molecule has 0 radical (unpaired) electrons. The number of nitrogens with zero attached hydrogens (tertiary/aromatic N) is 2. The third-order valence-corrected chi connectivity index (χ3v) is 5.11. The molecular formula is C21H27F3N4. The summed E-state index contributed by atoms with van der Waals surface area (Å²) < 4.78 is 38.2. The van der Waals surface area contributed by atoms with Crippen molar-refractivity contribution >= 4 is 0 Å². The minimum absolute atomic E-state index is 0.308. The number of rotatable bonds is 8. The Morgan fingerprint density at radius 1 is 1.11 bits per heavy atom. The molecule has 0 spiro atoms. The Bertz CT molecular complexity index is 746. The summed E-state index contributed by atoms with van der Waals surface area (Å²) in [6.45, 7) is 3.68. The van der Waals surface area contributed by atoms with Gasteiger partial charge in [0.1, 0.15) is 0 Å². The molecule has 1 aliphatic rings. The molecule has 2 heterocycles. The van der Waals surface area contributed by atoms with Crippen LogP contribution in [0.15, 0.2) is 42.6 Å². The highest BCUT2D eigenvalue weighted by Crippen LogP contribution is 2.28. The standard InChI is InChI=1S/C21H27F3N4/c22-21(23,24)18-7-8-19(27-13-18)14-28(10-4-3-9-25)15-20-11-16-5-1-2-6-17(16)12-26-20/h1-2,5-8,13,20,26H,3-4,9-12,14-15,25H2. The fraction of sp³-hybridized carbons (Fsp3) is 0.476. The lowest BCUT2D eigenvalue weighted by Gasteiger charge is -2.31. The van der Waals surface area contributed by atoms with Crippen molar-refractivity contribution in [2.45, 2.75) is 44.6 Å². The van der Waals surface area contributed by atoms with E-state index in [0.29, 0.717) is 24.8 Å². The maximum atomic E-state index is 12.7. The number of hydrogen-bond acceptors (Lipinski definition) is 4. The number of alkyl halides is 3. The first-order valence-corrected chi connectivity index (χ1v) is 9.70.